The van der Waals surface area contributed by atoms with Gasteiger partial charge >= 0.3 is 0 Å². The van der Waals surface area contributed by atoms with E-state index in [-0.39, 0.29) is 11.6 Å². The van der Waals surface area contributed by atoms with Crippen LogP contribution in [-0.2, 0) is 4.74 Å². The van der Waals surface area contributed by atoms with Crippen LogP contribution in [0.25, 0.3) is 0 Å². The van der Waals surface area contributed by atoms with Gasteiger partial charge in [0.05, 0.1) is 5.60 Å². The van der Waals surface area contributed by atoms with Gasteiger partial charge in [-0.05, 0) is 19.8 Å². The predicted octanol–water partition coefficient (Wildman–Crippen LogP) is 2.99. The van der Waals surface area contributed by atoms with Gasteiger partial charge in [-0.2, -0.15) is 0 Å². The summed E-state index contributed by atoms with van der Waals surface area (Å²) in [4.78, 5) is 0. The third-order valence-corrected chi connectivity index (χ3v) is 3.70. The van der Waals surface area contributed by atoms with Gasteiger partial charge in [0.15, 0.2) is 0 Å². The lowest BCUT2D eigenvalue weighted by Gasteiger charge is -2.35. The largest absolute Gasteiger partial charge is 0.377 e. The van der Waals surface area contributed by atoms with E-state index in [1.54, 1.807) is 7.11 Å². The third-order valence-electron chi connectivity index (χ3n) is 3.70. The number of hydrogen-bond acceptors (Lipinski definition) is 3. The lowest BCUT2D eigenvalue weighted by molar-refractivity contribution is -0.0317. The number of unbranched alkanes of at least 4 members (excludes halogenated alkanes) is 4. The average molecular weight is 230 g/mol. The number of nitrogens with two attached hydrogens (primary N) is 1. The molecular weight excluding hydrogens is 200 g/mol. The molecule has 0 aliphatic rings. The van der Waals surface area contributed by atoms with Crippen LogP contribution in [0.2, 0.25) is 0 Å². The van der Waals surface area contributed by atoms with Crippen LogP contribution in [0.4, 0.5) is 0 Å². The lowest BCUT2D eigenvalue weighted by Crippen LogP contribution is -2.52. The monoisotopic (exact) mass is 230 g/mol. The molecule has 0 amide bonds. The van der Waals surface area contributed by atoms with Crippen LogP contribution < -0.4 is 11.3 Å². The second-order valence-corrected chi connectivity index (χ2v) is 4.79. The van der Waals surface area contributed by atoms with Crippen molar-refractivity contribution in [3.8, 4) is 0 Å². The van der Waals surface area contributed by atoms with Crippen molar-refractivity contribution in [2.24, 2.45) is 5.84 Å². The highest BCUT2D eigenvalue weighted by Crippen LogP contribution is 2.23. The first kappa shape index (κ1) is 15.9. The van der Waals surface area contributed by atoms with Gasteiger partial charge in [-0.15, -0.1) is 0 Å². The Bertz CT molecular complexity index is 158. The highest BCUT2D eigenvalue weighted by Gasteiger charge is 2.31. The lowest BCUT2D eigenvalue weighted by atomic mass is 9.89. The zero-order valence-electron chi connectivity index (χ0n) is 11.5. The van der Waals surface area contributed by atoms with E-state index in [1.165, 1.54) is 32.1 Å². The molecule has 0 radical (unpaired) electrons. The van der Waals surface area contributed by atoms with Crippen LogP contribution in [0.15, 0.2) is 0 Å². The van der Waals surface area contributed by atoms with E-state index in [9.17, 15) is 0 Å². The fourth-order valence-electron chi connectivity index (χ4n) is 2.05. The van der Waals surface area contributed by atoms with Crippen molar-refractivity contribution >= 4 is 0 Å². The maximum Gasteiger partial charge on any atom is 0.0813 e. The van der Waals surface area contributed by atoms with Gasteiger partial charge < -0.3 is 4.74 Å². The van der Waals surface area contributed by atoms with E-state index in [4.69, 9.17) is 10.6 Å². The molecule has 16 heavy (non-hydrogen) atoms. The molecule has 0 bridgehead atoms. The summed E-state index contributed by atoms with van der Waals surface area (Å²) in [5, 5.41) is 0. The number of hydrogen-bond donors (Lipinski definition) is 2. The van der Waals surface area contributed by atoms with Crippen molar-refractivity contribution in [3.05, 3.63) is 0 Å². The maximum atomic E-state index is 5.62. The molecule has 0 aromatic heterocycles. The van der Waals surface area contributed by atoms with Crippen LogP contribution in [0, 0.1) is 0 Å². The Hall–Kier alpha value is -0.120. The topological polar surface area (TPSA) is 47.3 Å². The Kier molecular flexibility index (Phi) is 8.90. The summed E-state index contributed by atoms with van der Waals surface area (Å²) in [5.74, 6) is 5.62. The van der Waals surface area contributed by atoms with Crippen LogP contribution in [0.1, 0.15) is 65.7 Å². The molecule has 3 N–H and O–H groups in total. The smallest absolute Gasteiger partial charge is 0.0813 e. The molecule has 0 fully saturated rings. The highest BCUT2D eigenvalue weighted by atomic mass is 16.5. The van der Waals surface area contributed by atoms with Crippen molar-refractivity contribution in [3.63, 3.8) is 0 Å². The normalized spacial score (nSPS) is 17.1. The molecule has 0 saturated heterocycles. The predicted molar refractivity (Wildman–Crippen MR) is 70.2 cm³/mol. The summed E-state index contributed by atoms with van der Waals surface area (Å²) >= 11 is 0. The van der Waals surface area contributed by atoms with Crippen LogP contribution in [-0.4, -0.2) is 18.8 Å². The van der Waals surface area contributed by atoms with Crippen molar-refractivity contribution in [2.75, 3.05) is 7.11 Å². The van der Waals surface area contributed by atoms with Gasteiger partial charge in [-0.1, -0.05) is 46.0 Å². The summed E-state index contributed by atoms with van der Waals surface area (Å²) in [6.07, 6.45) is 8.58. The molecular formula is C13H30N2O. The zero-order valence-corrected chi connectivity index (χ0v) is 11.5. The number of nitrogens with one attached hydrogen (secondary N) is 1. The summed E-state index contributed by atoms with van der Waals surface area (Å²) < 4.78 is 5.58. The summed E-state index contributed by atoms with van der Waals surface area (Å²) in [7, 11) is 1.77. The highest BCUT2D eigenvalue weighted by molar-refractivity contribution is 4.86. The average Bonchev–Trinajstić information content (AvgIpc) is 2.33. The number of methoxy groups -OCH3 is 1. The van der Waals surface area contributed by atoms with Gasteiger partial charge in [-0.3, -0.25) is 11.3 Å². The summed E-state index contributed by atoms with van der Waals surface area (Å²) in [6.45, 7) is 6.51. The van der Waals surface area contributed by atoms with Gasteiger partial charge in [0.25, 0.3) is 0 Å². The van der Waals surface area contributed by atoms with Crippen molar-refractivity contribution < 1.29 is 4.74 Å². The standard InChI is InChI=1S/C13H30N2O/c1-5-7-8-9-10-11-12(15-14)13(3,6-2)16-4/h12,15H,5-11,14H2,1-4H3. The van der Waals surface area contributed by atoms with Crippen LogP contribution in [0.3, 0.4) is 0 Å². The van der Waals surface area contributed by atoms with Crippen molar-refractivity contribution in [2.45, 2.75) is 77.4 Å². The second-order valence-electron chi connectivity index (χ2n) is 4.79. The number of ether oxygens (including phenoxy) is 1. The van der Waals surface area contributed by atoms with E-state index in [2.05, 4.69) is 26.2 Å². The van der Waals surface area contributed by atoms with Gasteiger partial charge in [-0.25, -0.2) is 0 Å². The van der Waals surface area contributed by atoms with E-state index in [1.807, 2.05) is 0 Å². The Labute approximate surface area is 101 Å². The van der Waals surface area contributed by atoms with E-state index in [0.29, 0.717) is 0 Å². The van der Waals surface area contributed by atoms with Gasteiger partial charge in [0, 0.05) is 13.2 Å². The molecule has 0 heterocycles. The summed E-state index contributed by atoms with van der Waals surface area (Å²) in [6, 6.07) is 0.254. The quantitative estimate of drug-likeness (QED) is 0.344. The van der Waals surface area contributed by atoms with Gasteiger partial charge in [0.1, 0.15) is 0 Å². The van der Waals surface area contributed by atoms with Gasteiger partial charge in [0.2, 0.25) is 0 Å². The third kappa shape index (κ3) is 5.28. The molecule has 3 heteroatoms. The molecule has 0 aromatic carbocycles. The first-order chi connectivity index (χ1) is 7.64. The zero-order chi connectivity index (χ0) is 12.4. The molecule has 0 aromatic rings. The van der Waals surface area contributed by atoms with E-state index < -0.39 is 0 Å². The van der Waals surface area contributed by atoms with Crippen LogP contribution >= 0.6 is 0 Å². The molecule has 0 rings (SSSR count). The molecule has 3 nitrogen and oxygen atoms in total. The molecule has 2 unspecified atom stereocenters. The fraction of sp³-hybridized carbons (Fsp3) is 1.00. The molecule has 0 aliphatic carbocycles. The number of rotatable bonds is 10. The van der Waals surface area contributed by atoms with E-state index in [0.717, 1.165) is 12.8 Å². The Morgan fingerprint density at radius 1 is 1.19 bits per heavy atom. The van der Waals surface area contributed by atoms with Crippen LogP contribution in [0.5, 0.6) is 0 Å². The Balaban J connectivity index is 3.90. The van der Waals surface area contributed by atoms with Crippen molar-refractivity contribution in [1.82, 2.24) is 5.43 Å². The Morgan fingerprint density at radius 2 is 1.81 bits per heavy atom. The maximum absolute atomic E-state index is 5.62. The van der Waals surface area contributed by atoms with Crippen molar-refractivity contribution in [1.29, 1.82) is 0 Å². The molecule has 0 spiro atoms. The minimum absolute atomic E-state index is 0.139. The first-order valence-electron chi connectivity index (χ1n) is 6.65. The Morgan fingerprint density at radius 3 is 2.25 bits per heavy atom. The molecule has 0 saturated carbocycles. The molecule has 2 atom stereocenters. The number of hydrazine groups is 1. The van der Waals surface area contributed by atoms with E-state index >= 15 is 0 Å². The first-order valence-corrected chi connectivity index (χ1v) is 6.65. The fourth-order valence-corrected chi connectivity index (χ4v) is 2.05. The molecule has 98 valence electrons. The SMILES string of the molecule is CCCCCCCC(NN)C(C)(CC)OC. The minimum Gasteiger partial charge on any atom is -0.377 e. The minimum atomic E-state index is -0.139. The molecule has 0 aliphatic heterocycles. The summed E-state index contributed by atoms with van der Waals surface area (Å²) in [5.41, 5.74) is 2.77. The second kappa shape index (κ2) is 8.97.